The van der Waals surface area contributed by atoms with Crippen molar-refractivity contribution in [3.63, 3.8) is 0 Å². The van der Waals surface area contributed by atoms with E-state index in [0.717, 1.165) is 0 Å². The van der Waals surface area contributed by atoms with Gasteiger partial charge >= 0.3 is 5.65 Å². The maximum Gasteiger partial charge on any atom is 0.302 e. The van der Waals surface area contributed by atoms with Crippen LogP contribution in [-0.2, 0) is 14.5 Å². The molecule has 3 aliphatic carbocycles. The molecule has 0 aliphatic heterocycles. The van der Waals surface area contributed by atoms with Crippen LogP contribution in [0.25, 0.3) is 66.2 Å². The zero-order chi connectivity index (χ0) is 83.0. The molecule has 3 fully saturated rings. The van der Waals surface area contributed by atoms with Gasteiger partial charge in [-0.2, -0.15) is 28.8 Å². The van der Waals surface area contributed by atoms with Gasteiger partial charge in [0.15, 0.2) is 51.9 Å². The first-order valence-electron chi connectivity index (χ1n) is 38.3. The molecule has 0 amide bonds. The van der Waals surface area contributed by atoms with Crippen molar-refractivity contribution in [2.45, 2.75) is 125 Å². The summed E-state index contributed by atoms with van der Waals surface area (Å²) in [7, 11) is 0. The Morgan fingerprint density at radius 2 is 0.700 bits per heavy atom. The largest absolute Gasteiger partial charge is 0.395 e. The van der Waals surface area contributed by atoms with E-state index in [4.69, 9.17) is 14.5 Å². The lowest BCUT2D eigenvalue weighted by Gasteiger charge is -2.14. The Bertz CT molecular complexity index is 6220. The van der Waals surface area contributed by atoms with E-state index in [1.165, 1.54) is 124 Å². The molecule has 16 aromatic rings. The Hall–Kier alpha value is -13.8. The molecule has 28 nitrogen and oxygen atoms in total. The lowest BCUT2D eigenvalue weighted by atomic mass is 9.97. The molecular formula is C84H77F8N24O4+. The monoisotopic (exact) mass is 1640 g/mol. The van der Waals surface area contributed by atoms with Gasteiger partial charge in [-0.25, -0.2) is 35.1 Å². The standard InChI is InChI=1S/2C22H20F2N6O.C21H20F2N7O.C18H13F2N5O.CH4/c2*1-12(20-16(23)10-18-15(21(20)24)4-3-9-25-18)22-27-26-19-8-7-17(28-30(19)22)13(2)29-31-11-14-5-6-14;1-12(27-31-11-14-5-6-14)17-7-8-19-25-28-29(30(19)26-17)13(2)20-16(22)10-18-15(21(20)23)4-3-9-24-18;1-9(16-12(19)8-14-11(17(16)20)4-3-7-21-14)18-23-22-15-6-5-13(10(2)26)24-25(15)18;/h2*3-4,7-10,12,14H,5-6,11H2,1-2H3;3-4,7-10,13-14H,5-6,11H2,1-2H3;3-9H,1-2H3;1H4/q;;+1;;/b2*29-13+;27-12+;;/t2*12-;;;/m10.../s1. The van der Waals surface area contributed by atoms with Gasteiger partial charge in [-0.1, -0.05) is 48.5 Å². The Labute approximate surface area is 678 Å². The Morgan fingerprint density at radius 3 is 1.03 bits per heavy atom. The first kappa shape index (κ1) is 81.3. The summed E-state index contributed by atoms with van der Waals surface area (Å²) in [5.41, 5.74) is 6.01. The minimum atomic E-state index is -0.814. The lowest BCUT2D eigenvalue weighted by Crippen LogP contribution is -2.48. The molecule has 612 valence electrons. The van der Waals surface area contributed by atoms with Crippen LogP contribution < -0.4 is 4.80 Å². The average molecular weight is 1640 g/mol. The molecule has 3 aliphatic rings. The maximum atomic E-state index is 15.2. The molecule has 2 unspecified atom stereocenters. The highest BCUT2D eigenvalue weighted by atomic mass is 19.2. The van der Waals surface area contributed by atoms with E-state index < -0.39 is 70.3 Å². The molecule has 0 spiro atoms. The van der Waals surface area contributed by atoms with Gasteiger partial charge in [-0.15, -0.1) is 30.6 Å². The quantitative estimate of drug-likeness (QED) is 0.0212. The minimum Gasteiger partial charge on any atom is -0.395 e. The summed E-state index contributed by atoms with van der Waals surface area (Å²) in [6, 6.07) is 30.4. The predicted molar refractivity (Wildman–Crippen MR) is 426 cm³/mol. The lowest BCUT2D eigenvalue weighted by molar-refractivity contribution is -0.831. The highest BCUT2D eigenvalue weighted by Crippen LogP contribution is 2.37. The third-order valence-corrected chi connectivity index (χ3v) is 20.7. The number of nitrogens with zero attached hydrogens (tertiary/aromatic N) is 24. The number of tetrazole rings is 1. The number of fused-ring (bicyclic) bond motifs is 8. The number of hydrogen-bond donors (Lipinski definition) is 0. The third-order valence-electron chi connectivity index (χ3n) is 20.7. The number of aromatic nitrogens is 21. The van der Waals surface area contributed by atoms with E-state index in [-0.39, 0.29) is 90.6 Å². The fourth-order valence-corrected chi connectivity index (χ4v) is 13.4. The van der Waals surface area contributed by atoms with Crippen LogP contribution in [0.1, 0.15) is 192 Å². The molecule has 12 heterocycles. The molecule has 0 saturated heterocycles. The molecule has 0 radical (unpaired) electrons. The molecule has 19 rings (SSSR count). The van der Waals surface area contributed by atoms with Crippen LogP contribution in [0.5, 0.6) is 0 Å². The Balaban J connectivity index is 0.000000125. The van der Waals surface area contributed by atoms with Crippen LogP contribution in [0.4, 0.5) is 35.1 Å². The highest BCUT2D eigenvalue weighted by Gasteiger charge is 2.33. The number of carbonyl (C=O) groups is 1. The summed E-state index contributed by atoms with van der Waals surface area (Å²) >= 11 is 0. The number of benzene rings is 4. The molecule has 0 bridgehead atoms. The fraction of sp³-hybridized carbons (Fsp3) is 0.298. The summed E-state index contributed by atoms with van der Waals surface area (Å²) in [6.45, 7) is 15.2. The van der Waals surface area contributed by atoms with Crippen molar-refractivity contribution in [1.82, 2.24) is 99.4 Å². The molecule has 12 aromatic heterocycles. The highest BCUT2D eigenvalue weighted by molar-refractivity contribution is 5.98. The first-order valence-corrected chi connectivity index (χ1v) is 38.3. The van der Waals surface area contributed by atoms with Gasteiger partial charge in [0.05, 0.1) is 32.8 Å². The van der Waals surface area contributed by atoms with Crippen LogP contribution in [0.2, 0.25) is 0 Å². The summed E-state index contributed by atoms with van der Waals surface area (Å²) in [6.07, 6.45) is 13.0. The van der Waals surface area contributed by atoms with Gasteiger partial charge in [0.1, 0.15) is 101 Å². The predicted octanol–water partition coefficient (Wildman–Crippen LogP) is 15.4. The van der Waals surface area contributed by atoms with E-state index in [0.29, 0.717) is 106 Å². The summed E-state index contributed by atoms with van der Waals surface area (Å²) in [4.78, 5) is 45.2. The van der Waals surface area contributed by atoms with Crippen LogP contribution in [0.15, 0.2) is 162 Å². The van der Waals surface area contributed by atoms with Gasteiger partial charge in [0.2, 0.25) is 0 Å². The normalized spacial score (nSPS) is 14.8. The van der Waals surface area contributed by atoms with Crippen LogP contribution >= 0.6 is 0 Å². The number of ketones is 1. The van der Waals surface area contributed by atoms with Crippen LogP contribution in [0, 0.1) is 64.3 Å². The summed E-state index contributed by atoms with van der Waals surface area (Å²) in [5.74, 6) is -5.28. The van der Waals surface area contributed by atoms with Gasteiger partial charge < -0.3 is 14.5 Å². The zero-order valence-electron chi connectivity index (χ0n) is 65.2. The first-order chi connectivity index (χ1) is 57.5. The maximum absolute atomic E-state index is 15.2. The van der Waals surface area contributed by atoms with Gasteiger partial charge in [-0.3, -0.25) is 24.7 Å². The number of oxime groups is 3. The molecule has 4 aromatic carbocycles. The number of halogens is 8. The van der Waals surface area contributed by atoms with Crippen molar-refractivity contribution in [3.8, 4) is 0 Å². The van der Waals surface area contributed by atoms with Gasteiger partial charge in [-0.05, 0) is 185 Å². The van der Waals surface area contributed by atoms with E-state index >= 15 is 13.2 Å². The third kappa shape index (κ3) is 16.8. The second-order valence-electron chi connectivity index (χ2n) is 29.4. The number of carbonyl (C=O) groups excluding carboxylic acids is 1. The van der Waals surface area contributed by atoms with Crippen molar-refractivity contribution >= 4 is 89.1 Å². The second-order valence-corrected chi connectivity index (χ2v) is 29.4. The molecular weight excluding hydrogens is 1560 g/mol. The smallest absolute Gasteiger partial charge is 0.302 e. The summed E-state index contributed by atoms with van der Waals surface area (Å²) in [5, 5.41) is 63.8. The summed E-state index contributed by atoms with van der Waals surface area (Å²) < 4.78 is 125. The van der Waals surface area contributed by atoms with E-state index in [1.54, 1.807) is 139 Å². The van der Waals surface area contributed by atoms with E-state index in [9.17, 15) is 26.7 Å². The topological polar surface area (TPSA) is 310 Å². The van der Waals surface area contributed by atoms with Crippen molar-refractivity contribution < 1.29 is 59.2 Å². The molecule has 36 heteroatoms. The molecule has 3 saturated carbocycles. The Kier molecular flexibility index (Phi) is 23.3. The fourth-order valence-electron chi connectivity index (χ4n) is 13.4. The Morgan fingerprint density at radius 1 is 0.400 bits per heavy atom. The number of rotatable bonds is 21. The van der Waals surface area contributed by atoms with Crippen molar-refractivity contribution in [3.05, 3.63) is 255 Å². The number of hydrogen-bond acceptors (Lipinski definition) is 23. The van der Waals surface area contributed by atoms with Gasteiger partial charge in [0.25, 0.3) is 0 Å². The van der Waals surface area contributed by atoms with E-state index in [2.05, 4.69) is 96.7 Å². The molecule has 4 atom stereocenters. The molecule has 0 N–H and O–H groups in total. The van der Waals surface area contributed by atoms with Crippen molar-refractivity contribution in [2.75, 3.05) is 19.8 Å². The van der Waals surface area contributed by atoms with Crippen molar-refractivity contribution in [2.24, 2.45) is 33.2 Å². The van der Waals surface area contributed by atoms with Crippen LogP contribution in [-0.4, -0.2) is 142 Å². The average Bonchev–Trinajstić information content (AvgIpc) is 1.76. The molecule has 120 heavy (non-hydrogen) atoms. The minimum absolute atomic E-state index is 0. The second kappa shape index (κ2) is 34.4. The number of pyridine rings is 4. The zero-order valence-corrected chi connectivity index (χ0v) is 65.2. The number of Topliss-reactive ketones (excluding diaryl/α,β-unsaturated/α-hetero) is 1. The SMILES string of the molecule is C.C/C(=N\OCC1CC1)c1ccc2nn[n+](C(C)c3c(F)cc4ncccc4c3F)n2n1.C/C(=N\OCC1CC1)c1ccc2nnc([C@@H](C)c3c(F)cc4ncccc4c3F)n2n1.C/C(=N\OCC1CC1)c1ccc2nnc([C@H](C)c3c(F)cc4ncccc4c3F)n2n1.CC(=O)c1ccc2nnc(C(C)c3c(F)cc4ncccc4c3F)n2n1. The van der Waals surface area contributed by atoms with Gasteiger partial charge in [0, 0.05) is 123 Å². The van der Waals surface area contributed by atoms with Crippen molar-refractivity contribution in [1.29, 1.82) is 0 Å². The van der Waals surface area contributed by atoms with E-state index in [1.807, 2.05) is 0 Å². The van der Waals surface area contributed by atoms with Crippen LogP contribution in [0.3, 0.4) is 0 Å².